The highest BCUT2D eigenvalue weighted by Gasteiger charge is 2.06. The van der Waals surface area contributed by atoms with Crippen molar-refractivity contribution in [2.24, 2.45) is 5.10 Å². The molecule has 2 heterocycles. The molecule has 122 valence electrons. The van der Waals surface area contributed by atoms with Gasteiger partial charge in [-0.1, -0.05) is 18.2 Å². The molecule has 0 radical (unpaired) electrons. The van der Waals surface area contributed by atoms with E-state index in [0.717, 1.165) is 17.1 Å². The number of ether oxygens (including phenoxy) is 1. The van der Waals surface area contributed by atoms with E-state index in [9.17, 15) is 0 Å². The monoisotopic (exact) mass is 340 g/mol. The summed E-state index contributed by atoms with van der Waals surface area (Å²) in [6, 6.07) is 13.2. The number of aromatic amines is 1. The van der Waals surface area contributed by atoms with Gasteiger partial charge in [0.25, 0.3) is 0 Å². The van der Waals surface area contributed by atoms with Gasteiger partial charge < -0.3 is 9.15 Å². The summed E-state index contributed by atoms with van der Waals surface area (Å²) in [7, 11) is 0. The Balaban J connectivity index is 1.73. The van der Waals surface area contributed by atoms with Gasteiger partial charge in [0.2, 0.25) is 4.77 Å². The van der Waals surface area contributed by atoms with E-state index in [4.69, 9.17) is 21.4 Å². The molecule has 1 N–H and O–H groups in total. The third-order valence-electron chi connectivity index (χ3n) is 3.12. The summed E-state index contributed by atoms with van der Waals surface area (Å²) in [5.74, 6) is 2.11. The van der Waals surface area contributed by atoms with Gasteiger partial charge >= 0.3 is 0 Å². The zero-order valence-corrected chi connectivity index (χ0v) is 13.9. The van der Waals surface area contributed by atoms with Gasteiger partial charge in [-0.25, -0.2) is 5.10 Å². The lowest BCUT2D eigenvalue weighted by atomic mass is 10.3. The molecule has 24 heavy (non-hydrogen) atoms. The Labute approximate surface area is 144 Å². The van der Waals surface area contributed by atoms with Crippen LogP contribution in [-0.4, -0.2) is 21.1 Å². The molecule has 0 unspecified atom stereocenters. The van der Waals surface area contributed by atoms with Crippen LogP contribution in [0.15, 0.2) is 63.8 Å². The lowest BCUT2D eigenvalue weighted by Gasteiger charge is -2.04. The van der Waals surface area contributed by atoms with Crippen LogP contribution in [0.1, 0.15) is 18.5 Å². The van der Waals surface area contributed by atoms with Gasteiger partial charge in [-0.05, 0) is 55.1 Å². The third-order valence-corrected chi connectivity index (χ3v) is 3.38. The molecule has 0 atom stereocenters. The first-order chi connectivity index (χ1) is 11.7. The summed E-state index contributed by atoms with van der Waals surface area (Å²) in [5, 5.41) is 11.2. The Morgan fingerprint density at radius 1 is 1.33 bits per heavy atom. The molecule has 3 rings (SSSR count). The van der Waals surface area contributed by atoms with Crippen molar-refractivity contribution in [3.8, 4) is 5.75 Å². The van der Waals surface area contributed by atoms with Crippen molar-refractivity contribution in [1.29, 1.82) is 0 Å². The third kappa shape index (κ3) is 4.08. The quantitative estimate of drug-likeness (QED) is 0.543. The minimum atomic E-state index is 0.259. The molecule has 0 saturated heterocycles. The first kappa shape index (κ1) is 15.9. The minimum Gasteiger partial charge on any atom is -0.486 e. The average Bonchev–Trinajstić information content (AvgIpc) is 3.22. The summed E-state index contributed by atoms with van der Waals surface area (Å²) < 4.78 is 12.9. The van der Waals surface area contributed by atoms with E-state index < -0.39 is 0 Å². The van der Waals surface area contributed by atoms with Crippen LogP contribution >= 0.6 is 12.2 Å². The number of H-pyrrole nitrogens is 1. The topological polar surface area (TPSA) is 68.3 Å². The SMILES string of the molecule is CC(/C=N\n1c(COc2ccccc2)n[nH]c1=S)=C/c1ccco1. The smallest absolute Gasteiger partial charge is 0.216 e. The molecule has 0 fully saturated rings. The fraction of sp³-hybridized carbons (Fsp3) is 0.118. The summed E-state index contributed by atoms with van der Waals surface area (Å²) in [4.78, 5) is 0. The molecule has 6 nitrogen and oxygen atoms in total. The van der Waals surface area contributed by atoms with E-state index in [0.29, 0.717) is 10.6 Å². The van der Waals surface area contributed by atoms with E-state index in [2.05, 4.69) is 15.3 Å². The Bertz CT molecular complexity index is 892. The van der Waals surface area contributed by atoms with Crippen LogP contribution in [0.2, 0.25) is 0 Å². The highest BCUT2D eigenvalue weighted by molar-refractivity contribution is 7.71. The minimum absolute atomic E-state index is 0.259. The van der Waals surface area contributed by atoms with Gasteiger partial charge in [-0.3, -0.25) is 0 Å². The molecule has 0 amide bonds. The highest BCUT2D eigenvalue weighted by Crippen LogP contribution is 2.11. The number of nitrogens with one attached hydrogen (secondary N) is 1. The van der Waals surface area contributed by atoms with Crippen molar-refractivity contribution in [2.75, 3.05) is 0 Å². The average molecular weight is 340 g/mol. The Morgan fingerprint density at radius 2 is 2.17 bits per heavy atom. The molecule has 7 heteroatoms. The normalized spacial score (nSPS) is 12.0. The number of benzene rings is 1. The van der Waals surface area contributed by atoms with Crippen molar-refractivity contribution in [3.63, 3.8) is 0 Å². The summed E-state index contributed by atoms with van der Waals surface area (Å²) in [5.41, 5.74) is 0.919. The second-order valence-corrected chi connectivity index (χ2v) is 5.39. The summed E-state index contributed by atoms with van der Waals surface area (Å²) in [6.45, 7) is 2.19. The maximum Gasteiger partial charge on any atom is 0.216 e. The standard InChI is InChI=1S/C17H16N4O2S/c1-13(10-15-8-5-9-22-15)11-18-21-16(19-20-17(21)24)12-23-14-6-3-2-4-7-14/h2-11H,12H2,1H3,(H,20,24)/b13-10-,18-11-. The van der Waals surface area contributed by atoms with Gasteiger partial charge in [0.1, 0.15) is 18.1 Å². The zero-order valence-electron chi connectivity index (χ0n) is 13.0. The molecule has 0 aliphatic rings. The number of para-hydroxylation sites is 1. The Kier molecular flexibility index (Phi) is 5.02. The number of hydrogen-bond donors (Lipinski definition) is 1. The van der Waals surface area contributed by atoms with Gasteiger partial charge in [0, 0.05) is 0 Å². The fourth-order valence-corrected chi connectivity index (χ4v) is 2.18. The molecule has 0 spiro atoms. The van der Waals surface area contributed by atoms with Gasteiger partial charge in [0.15, 0.2) is 5.82 Å². The van der Waals surface area contributed by atoms with Gasteiger partial charge in [0.05, 0.1) is 12.5 Å². The van der Waals surface area contributed by atoms with E-state index in [-0.39, 0.29) is 6.61 Å². The summed E-state index contributed by atoms with van der Waals surface area (Å²) in [6.07, 6.45) is 5.20. The van der Waals surface area contributed by atoms with E-state index in [1.165, 1.54) is 4.68 Å². The maximum absolute atomic E-state index is 5.68. The number of furan rings is 1. The molecule has 2 aromatic heterocycles. The molecular weight excluding hydrogens is 324 g/mol. The van der Waals surface area contributed by atoms with Crippen LogP contribution in [0.4, 0.5) is 0 Å². The first-order valence-corrected chi connectivity index (χ1v) is 7.73. The molecular formula is C17H16N4O2S. The molecule has 1 aromatic carbocycles. The summed E-state index contributed by atoms with van der Waals surface area (Å²) >= 11 is 5.21. The second-order valence-electron chi connectivity index (χ2n) is 5.01. The van der Waals surface area contributed by atoms with Crippen molar-refractivity contribution in [3.05, 3.63) is 70.7 Å². The number of aromatic nitrogens is 3. The van der Waals surface area contributed by atoms with Gasteiger partial charge in [-0.15, -0.1) is 0 Å². The molecule has 0 aliphatic heterocycles. The van der Waals surface area contributed by atoms with Crippen molar-refractivity contribution < 1.29 is 9.15 Å². The van der Waals surface area contributed by atoms with Crippen LogP contribution in [-0.2, 0) is 6.61 Å². The van der Waals surface area contributed by atoms with Crippen LogP contribution in [0.3, 0.4) is 0 Å². The van der Waals surface area contributed by atoms with E-state index in [1.807, 2.05) is 55.5 Å². The maximum atomic E-state index is 5.68. The van der Waals surface area contributed by atoms with Crippen LogP contribution in [0.5, 0.6) is 5.75 Å². The first-order valence-electron chi connectivity index (χ1n) is 7.32. The van der Waals surface area contributed by atoms with Crippen molar-refractivity contribution in [2.45, 2.75) is 13.5 Å². The predicted molar refractivity (Wildman–Crippen MR) is 94.4 cm³/mol. The van der Waals surface area contributed by atoms with Crippen LogP contribution < -0.4 is 4.74 Å². The molecule has 0 saturated carbocycles. The molecule has 0 bridgehead atoms. The highest BCUT2D eigenvalue weighted by atomic mass is 32.1. The predicted octanol–water partition coefficient (Wildman–Crippen LogP) is 4.05. The Hall–Kier alpha value is -2.93. The lowest BCUT2D eigenvalue weighted by Crippen LogP contribution is -2.04. The van der Waals surface area contributed by atoms with E-state index >= 15 is 0 Å². The Morgan fingerprint density at radius 3 is 2.92 bits per heavy atom. The number of nitrogens with zero attached hydrogens (tertiary/aromatic N) is 3. The second kappa shape index (κ2) is 7.56. The van der Waals surface area contributed by atoms with Crippen LogP contribution in [0, 0.1) is 4.77 Å². The van der Waals surface area contributed by atoms with Crippen molar-refractivity contribution >= 4 is 24.5 Å². The van der Waals surface area contributed by atoms with Crippen LogP contribution in [0.25, 0.3) is 6.08 Å². The largest absolute Gasteiger partial charge is 0.486 e. The lowest BCUT2D eigenvalue weighted by molar-refractivity contribution is 0.290. The number of rotatable bonds is 6. The number of hydrogen-bond acceptors (Lipinski definition) is 5. The molecule has 0 aliphatic carbocycles. The molecule has 3 aromatic rings. The van der Waals surface area contributed by atoms with Crippen molar-refractivity contribution in [1.82, 2.24) is 14.9 Å². The number of allylic oxidation sites excluding steroid dienone is 1. The van der Waals surface area contributed by atoms with E-state index in [1.54, 1.807) is 12.5 Å². The fourth-order valence-electron chi connectivity index (χ4n) is 1.99. The van der Waals surface area contributed by atoms with Gasteiger partial charge in [-0.2, -0.15) is 14.9 Å². The zero-order chi connectivity index (χ0) is 16.8.